The zero-order valence-electron chi connectivity index (χ0n) is 20.6. The normalized spacial score (nSPS) is 12.1. The number of aliphatic hydroxyl groups excluding tert-OH is 1. The van der Waals surface area contributed by atoms with E-state index in [1.54, 1.807) is 18.3 Å². The van der Waals surface area contributed by atoms with Crippen molar-refractivity contribution in [1.82, 2.24) is 10.3 Å². The summed E-state index contributed by atoms with van der Waals surface area (Å²) in [7, 11) is 1.25. The monoisotopic (exact) mass is 492 g/mol. The molecule has 0 spiro atoms. The second-order valence-electron chi connectivity index (χ2n) is 9.24. The molecule has 1 amide bonds. The highest BCUT2D eigenvalue weighted by atomic mass is 16.5. The van der Waals surface area contributed by atoms with E-state index < -0.39 is 12.1 Å². The quantitative estimate of drug-likeness (QED) is 0.214. The number of phenolic OH excluding ortho intramolecular Hbond substituents is 1. The van der Waals surface area contributed by atoms with Crippen LogP contribution in [-0.2, 0) is 22.4 Å². The van der Waals surface area contributed by atoms with Gasteiger partial charge in [-0.1, -0.05) is 30.3 Å². The predicted octanol–water partition coefficient (Wildman–Crippen LogP) is 2.98. The van der Waals surface area contributed by atoms with Crippen molar-refractivity contribution in [2.45, 2.75) is 38.3 Å². The first-order valence-corrected chi connectivity index (χ1v) is 11.5. The van der Waals surface area contributed by atoms with E-state index >= 15 is 0 Å². The third-order valence-corrected chi connectivity index (χ3v) is 5.66. The van der Waals surface area contributed by atoms with Crippen LogP contribution in [0.4, 0.5) is 11.5 Å². The van der Waals surface area contributed by atoms with Crippen LogP contribution < -0.4 is 16.4 Å². The predicted molar refractivity (Wildman–Crippen MR) is 138 cm³/mol. The Hall–Kier alpha value is -3.95. The van der Waals surface area contributed by atoms with Crippen molar-refractivity contribution >= 4 is 23.4 Å². The van der Waals surface area contributed by atoms with E-state index in [0.29, 0.717) is 24.3 Å². The minimum atomic E-state index is -0.717. The first-order chi connectivity index (χ1) is 17.1. The molecule has 0 saturated heterocycles. The number of aromatic hydroxyl groups is 1. The van der Waals surface area contributed by atoms with E-state index in [0.717, 1.165) is 11.1 Å². The number of nitrogen functional groups attached to an aromatic ring is 1. The minimum Gasteiger partial charge on any atom is -0.506 e. The number of nitrogens with two attached hydrogens (primary N) is 1. The van der Waals surface area contributed by atoms with Gasteiger partial charge in [-0.25, -0.2) is 9.78 Å². The molecule has 0 fully saturated rings. The van der Waals surface area contributed by atoms with Gasteiger partial charge in [0.2, 0.25) is 5.91 Å². The number of phenols is 1. The molecular weight excluding hydrogens is 460 g/mol. The number of benzene rings is 2. The molecule has 0 radical (unpaired) electrons. The molecular formula is C27H32N4O5. The summed E-state index contributed by atoms with van der Waals surface area (Å²) in [6.07, 6.45) is 1.63. The number of carbonyl (C=O) groups is 2. The van der Waals surface area contributed by atoms with Gasteiger partial charge in [0.05, 0.1) is 30.9 Å². The number of amides is 1. The first-order valence-electron chi connectivity index (χ1n) is 11.5. The molecule has 1 heterocycles. The Morgan fingerprint density at radius 1 is 1.11 bits per heavy atom. The Balaban J connectivity index is 1.57. The lowest BCUT2D eigenvalue weighted by Crippen LogP contribution is -2.43. The van der Waals surface area contributed by atoms with Crippen molar-refractivity contribution in [2.75, 3.05) is 24.7 Å². The fraction of sp³-hybridized carbons (Fsp3) is 0.296. The van der Waals surface area contributed by atoms with Gasteiger partial charge < -0.3 is 31.3 Å². The molecule has 0 aliphatic heterocycles. The summed E-state index contributed by atoms with van der Waals surface area (Å²) in [5, 5.41) is 26.6. The Morgan fingerprint density at radius 2 is 1.86 bits per heavy atom. The molecule has 0 saturated carbocycles. The highest BCUT2D eigenvalue weighted by Gasteiger charge is 2.20. The lowest BCUT2D eigenvalue weighted by molar-refractivity contribution is -0.115. The van der Waals surface area contributed by atoms with Crippen molar-refractivity contribution in [3.05, 3.63) is 83.0 Å². The fourth-order valence-electron chi connectivity index (χ4n) is 3.79. The van der Waals surface area contributed by atoms with Crippen molar-refractivity contribution in [3.8, 4) is 5.75 Å². The van der Waals surface area contributed by atoms with Gasteiger partial charge in [0.15, 0.2) is 0 Å². The lowest BCUT2D eigenvalue weighted by Gasteiger charge is -2.28. The number of pyridine rings is 1. The zero-order chi connectivity index (χ0) is 26.3. The Morgan fingerprint density at radius 3 is 2.53 bits per heavy atom. The van der Waals surface area contributed by atoms with Crippen LogP contribution in [0.1, 0.15) is 47.0 Å². The van der Waals surface area contributed by atoms with E-state index in [2.05, 4.69) is 20.4 Å². The zero-order valence-corrected chi connectivity index (χ0v) is 20.6. The smallest absolute Gasteiger partial charge is 0.337 e. The van der Waals surface area contributed by atoms with Crippen molar-refractivity contribution in [2.24, 2.45) is 0 Å². The standard InChI is InChI=1S/C27H32N4O5/c1-27(2,30-16-23(33)20-8-10-24(28)29-15-20)14-18-6-4-5-17(11-18)12-25(34)31-21-9-7-19(13-22(21)32)26(35)36-3/h4-11,13,15,23,30,32-33H,12,14,16H2,1-3H3,(H2,28,29)(H,31,34)/t23-/m1/s1. The van der Waals surface area contributed by atoms with Crippen LogP contribution in [0.3, 0.4) is 0 Å². The molecule has 3 rings (SSSR count). The number of hydrogen-bond acceptors (Lipinski definition) is 8. The van der Waals surface area contributed by atoms with Gasteiger partial charge in [0.25, 0.3) is 0 Å². The van der Waals surface area contributed by atoms with E-state index in [4.69, 9.17) is 5.73 Å². The number of aliphatic hydroxyl groups is 1. The molecule has 9 heteroatoms. The van der Waals surface area contributed by atoms with Gasteiger partial charge >= 0.3 is 5.97 Å². The Bertz CT molecular complexity index is 1210. The van der Waals surface area contributed by atoms with Crippen molar-refractivity contribution < 1.29 is 24.5 Å². The van der Waals surface area contributed by atoms with Crippen molar-refractivity contribution in [3.63, 3.8) is 0 Å². The summed E-state index contributed by atoms with van der Waals surface area (Å²) in [6.45, 7) is 4.43. The lowest BCUT2D eigenvalue weighted by atomic mass is 9.93. The number of esters is 1. The number of carbonyl (C=O) groups excluding carboxylic acids is 2. The molecule has 1 aromatic heterocycles. The van der Waals surface area contributed by atoms with Gasteiger partial charge in [-0.15, -0.1) is 0 Å². The minimum absolute atomic E-state index is 0.114. The van der Waals surface area contributed by atoms with Crippen LogP contribution >= 0.6 is 0 Å². The van der Waals surface area contributed by atoms with Gasteiger partial charge in [0.1, 0.15) is 11.6 Å². The molecule has 2 aromatic carbocycles. The van der Waals surface area contributed by atoms with Crippen LogP contribution in [-0.4, -0.2) is 46.3 Å². The molecule has 0 aliphatic carbocycles. The molecule has 1 atom stereocenters. The number of nitrogens with one attached hydrogen (secondary N) is 2. The molecule has 0 aliphatic rings. The highest BCUT2D eigenvalue weighted by molar-refractivity contribution is 5.95. The maximum absolute atomic E-state index is 12.6. The third kappa shape index (κ3) is 7.53. The fourth-order valence-corrected chi connectivity index (χ4v) is 3.79. The van der Waals surface area contributed by atoms with Crippen LogP contribution in [0.2, 0.25) is 0 Å². The third-order valence-electron chi connectivity index (χ3n) is 5.66. The topological polar surface area (TPSA) is 147 Å². The number of hydrogen-bond donors (Lipinski definition) is 5. The van der Waals surface area contributed by atoms with Gasteiger partial charge in [-0.05, 0) is 55.7 Å². The van der Waals surface area contributed by atoms with Gasteiger partial charge in [0, 0.05) is 23.8 Å². The summed E-state index contributed by atoms with van der Waals surface area (Å²) in [5.74, 6) is -0.689. The summed E-state index contributed by atoms with van der Waals surface area (Å²) in [6, 6.07) is 15.3. The summed E-state index contributed by atoms with van der Waals surface area (Å²) in [5.41, 5.74) is 8.22. The van der Waals surface area contributed by atoms with Crippen LogP contribution in [0.25, 0.3) is 0 Å². The Labute approximate surface area is 210 Å². The summed E-state index contributed by atoms with van der Waals surface area (Å²) < 4.78 is 4.63. The average molecular weight is 493 g/mol. The number of rotatable bonds is 10. The number of β-amino-alcohol motifs (C(OH)–C–C–N with tert-alkyl or cyclic N) is 1. The number of ether oxygens (including phenoxy) is 1. The van der Waals surface area contributed by atoms with Crippen LogP contribution in [0, 0.1) is 0 Å². The van der Waals surface area contributed by atoms with Gasteiger partial charge in [-0.2, -0.15) is 0 Å². The Kier molecular flexibility index (Phi) is 8.63. The number of methoxy groups -OCH3 is 1. The molecule has 36 heavy (non-hydrogen) atoms. The number of anilines is 2. The number of aromatic nitrogens is 1. The molecule has 6 N–H and O–H groups in total. The largest absolute Gasteiger partial charge is 0.506 e. The van der Waals surface area contributed by atoms with Crippen LogP contribution in [0.5, 0.6) is 5.75 Å². The molecule has 9 nitrogen and oxygen atoms in total. The summed E-state index contributed by atoms with van der Waals surface area (Å²) >= 11 is 0. The molecule has 0 unspecified atom stereocenters. The van der Waals surface area contributed by atoms with E-state index in [1.165, 1.54) is 25.3 Å². The van der Waals surface area contributed by atoms with Crippen LogP contribution in [0.15, 0.2) is 60.8 Å². The molecule has 190 valence electrons. The van der Waals surface area contributed by atoms with E-state index in [-0.39, 0.29) is 34.9 Å². The maximum Gasteiger partial charge on any atom is 0.337 e. The second-order valence-corrected chi connectivity index (χ2v) is 9.24. The summed E-state index contributed by atoms with van der Waals surface area (Å²) in [4.78, 5) is 28.2. The second kappa shape index (κ2) is 11.7. The highest BCUT2D eigenvalue weighted by Crippen LogP contribution is 2.25. The van der Waals surface area contributed by atoms with E-state index in [9.17, 15) is 19.8 Å². The van der Waals surface area contributed by atoms with E-state index in [1.807, 2.05) is 38.1 Å². The average Bonchev–Trinajstić information content (AvgIpc) is 2.83. The molecule has 3 aromatic rings. The van der Waals surface area contributed by atoms with Crippen molar-refractivity contribution in [1.29, 1.82) is 0 Å². The first kappa shape index (κ1) is 26.7. The molecule has 0 bridgehead atoms. The SMILES string of the molecule is COC(=O)c1ccc(NC(=O)Cc2cccc(CC(C)(C)NC[C@@H](O)c3ccc(N)nc3)c2)c(O)c1. The number of nitrogens with zero attached hydrogens (tertiary/aromatic N) is 1. The maximum atomic E-state index is 12.6. The van der Waals surface area contributed by atoms with Gasteiger partial charge in [-0.3, -0.25) is 4.79 Å².